The normalized spacial score (nSPS) is 12.9. The number of halogens is 1. The lowest BCUT2D eigenvalue weighted by Crippen LogP contribution is -2.07. The van der Waals surface area contributed by atoms with Gasteiger partial charge in [0.25, 0.3) is 0 Å². The lowest BCUT2D eigenvalue weighted by molar-refractivity contribution is 0.165. The Bertz CT molecular complexity index is 255. The highest BCUT2D eigenvalue weighted by molar-refractivity contribution is 6.29. The van der Waals surface area contributed by atoms with Gasteiger partial charge in [-0.15, -0.1) is 0 Å². The molecule has 0 fully saturated rings. The van der Waals surface area contributed by atoms with Gasteiger partial charge in [-0.3, -0.25) is 0 Å². The molecule has 1 atom stereocenters. The number of rotatable bonds is 3. The fourth-order valence-electron chi connectivity index (χ4n) is 0.915. The second kappa shape index (κ2) is 4.40. The van der Waals surface area contributed by atoms with Crippen molar-refractivity contribution < 1.29 is 5.11 Å². The van der Waals surface area contributed by atoms with E-state index in [1.165, 1.54) is 0 Å². The van der Waals surface area contributed by atoms with Gasteiger partial charge in [-0.05, 0) is 25.1 Å². The predicted octanol–water partition coefficient (Wildman–Crippen LogP) is 1.12. The molecule has 1 aromatic rings. The van der Waals surface area contributed by atoms with Gasteiger partial charge in [-0.1, -0.05) is 17.7 Å². The van der Waals surface area contributed by atoms with Crippen LogP contribution >= 0.6 is 11.6 Å². The number of aliphatic hydroxyl groups is 1. The lowest BCUT2D eigenvalue weighted by atomic mass is 10.2. The molecule has 3 nitrogen and oxygen atoms in total. The molecule has 66 valence electrons. The van der Waals surface area contributed by atoms with Crippen LogP contribution in [-0.4, -0.2) is 16.6 Å². The Morgan fingerprint density at radius 2 is 2.33 bits per heavy atom. The third kappa shape index (κ3) is 2.44. The summed E-state index contributed by atoms with van der Waals surface area (Å²) in [5.74, 6) is 0. The van der Waals surface area contributed by atoms with Gasteiger partial charge in [0.1, 0.15) is 5.15 Å². The summed E-state index contributed by atoms with van der Waals surface area (Å²) < 4.78 is 0. The van der Waals surface area contributed by atoms with Crippen LogP contribution in [0.4, 0.5) is 0 Å². The Hall–Kier alpha value is -0.640. The van der Waals surface area contributed by atoms with Gasteiger partial charge in [0, 0.05) is 0 Å². The molecular weight excluding hydrogens is 176 g/mol. The summed E-state index contributed by atoms with van der Waals surface area (Å²) in [7, 11) is 0. The molecular formula is C8H11ClN2O. The number of hydrogen-bond acceptors (Lipinski definition) is 3. The summed E-state index contributed by atoms with van der Waals surface area (Å²) in [5.41, 5.74) is 5.86. The first kappa shape index (κ1) is 9.45. The van der Waals surface area contributed by atoms with Gasteiger partial charge in [0.15, 0.2) is 0 Å². The first-order valence-corrected chi connectivity index (χ1v) is 4.12. The first-order valence-electron chi connectivity index (χ1n) is 3.74. The van der Waals surface area contributed by atoms with Crippen molar-refractivity contribution in [2.45, 2.75) is 12.5 Å². The van der Waals surface area contributed by atoms with Crippen LogP contribution in [-0.2, 0) is 0 Å². The third-order valence-corrected chi connectivity index (χ3v) is 1.73. The Labute approximate surface area is 76.2 Å². The smallest absolute Gasteiger partial charge is 0.129 e. The van der Waals surface area contributed by atoms with Crippen molar-refractivity contribution in [2.75, 3.05) is 6.54 Å². The van der Waals surface area contributed by atoms with Gasteiger partial charge >= 0.3 is 0 Å². The first-order chi connectivity index (χ1) is 5.74. The van der Waals surface area contributed by atoms with E-state index in [0.717, 1.165) is 0 Å². The van der Waals surface area contributed by atoms with E-state index in [2.05, 4.69) is 4.98 Å². The van der Waals surface area contributed by atoms with E-state index in [4.69, 9.17) is 17.3 Å². The molecule has 1 aromatic heterocycles. The van der Waals surface area contributed by atoms with Crippen molar-refractivity contribution in [2.24, 2.45) is 5.73 Å². The van der Waals surface area contributed by atoms with Crippen molar-refractivity contribution in [3.8, 4) is 0 Å². The standard InChI is InChI=1S/C8H11ClN2O/c9-8-3-1-2-6(11-8)7(12)4-5-10/h1-3,7,12H,4-5,10H2/t7-/m1/s1. The fourth-order valence-corrected chi connectivity index (χ4v) is 1.09. The van der Waals surface area contributed by atoms with Gasteiger partial charge in [-0.25, -0.2) is 4.98 Å². The molecule has 1 heterocycles. The molecule has 0 amide bonds. The van der Waals surface area contributed by atoms with Crippen LogP contribution in [0.25, 0.3) is 0 Å². The average Bonchev–Trinajstić information content (AvgIpc) is 2.05. The van der Waals surface area contributed by atoms with E-state index in [1.54, 1.807) is 18.2 Å². The van der Waals surface area contributed by atoms with Crippen molar-refractivity contribution in [1.29, 1.82) is 0 Å². The van der Waals surface area contributed by atoms with E-state index in [9.17, 15) is 5.11 Å². The molecule has 0 aromatic carbocycles. The van der Waals surface area contributed by atoms with Crippen LogP contribution < -0.4 is 5.73 Å². The lowest BCUT2D eigenvalue weighted by Gasteiger charge is -2.07. The summed E-state index contributed by atoms with van der Waals surface area (Å²) in [6.07, 6.45) is -0.0958. The predicted molar refractivity (Wildman–Crippen MR) is 47.9 cm³/mol. The van der Waals surface area contributed by atoms with Crippen LogP contribution in [0.5, 0.6) is 0 Å². The number of aromatic nitrogens is 1. The maximum absolute atomic E-state index is 9.44. The van der Waals surface area contributed by atoms with E-state index in [1.807, 2.05) is 0 Å². The maximum Gasteiger partial charge on any atom is 0.129 e. The van der Waals surface area contributed by atoms with Crippen LogP contribution in [0.3, 0.4) is 0 Å². The van der Waals surface area contributed by atoms with Gasteiger partial charge in [0.2, 0.25) is 0 Å². The Balaban J connectivity index is 2.73. The highest BCUT2D eigenvalue weighted by Crippen LogP contribution is 2.15. The SMILES string of the molecule is NCC[C@@H](O)c1cccc(Cl)n1. The second-order valence-electron chi connectivity index (χ2n) is 2.48. The molecule has 0 saturated heterocycles. The Morgan fingerprint density at radius 1 is 1.58 bits per heavy atom. The van der Waals surface area contributed by atoms with Crippen LogP contribution in [0.2, 0.25) is 5.15 Å². The second-order valence-corrected chi connectivity index (χ2v) is 2.87. The molecule has 0 unspecified atom stereocenters. The average molecular weight is 187 g/mol. The minimum atomic E-state index is -0.603. The van der Waals surface area contributed by atoms with Crippen molar-refractivity contribution in [3.63, 3.8) is 0 Å². The number of aliphatic hydroxyl groups excluding tert-OH is 1. The molecule has 0 spiro atoms. The molecule has 1 rings (SSSR count). The molecule has 3 N–H and O–H groups in total. The molecule has 0 bridgehead atoms. The Morgan fingerprint density at radius 3 is 2.92 bits per heavy atom. The van der Waals surface area contributed by atoms with Crippen LogP contribution in [0.1, 0.15) is 18.2 Å². The highest BCUT2D eigenvalue weighted by atomic mass is 35.5. The molecule has 0 aliphatic heterocycles. The highest BCUT2D eigenvalue weighted by Gasteiger charge is 2.07. The van der Waals surface area contributed by atoms with E-state index < -0.39 is 6.10 Å². The van der Waals surface area contributed by atoms with Gasteiger partial charge < -0.3 is 10.8 Å². The van der Waals surface area contributed by atoms with E-state index >= 15 is 0 Å². The van der Waals surface area contributed by atoms with Crippen molar-refractivity contribution >= 4 is 11.6 Å². The van der Waals surface area contributed by atoms with E-state index in [0.29, 0.717) is 23.8 Å². The number of hydrogen-bond donors (Lipinski definition) is 2. The summed E-state index contributed by atoms with van der Waals surface area (Å²) in [6, 6.07) is 5.15. The largest absolute Gasteiger partial charge is 0.387 e. The minimum absolute atomic E-state index is 0.392. The zero-order valence-electron chi connectivity index (χ0n) is 6.57. The van der Waals surface area contributed by atoms with Gasteiger partial charge in [0.05, 0.1) is 11.8 Å². The third-order valence-electron chi connectivity index (χ3n) is 1.52. The number of nitrogens with two attached hydrogens (primary N) is 1. The topological polar surface area (TPSA) is 59.1 Å². The zero-order valence-corrected chi connectivity index (χ0v) is 7.33. The molecule has 12 heavy (non-hydrogen) atoms. The fraction of sp³-hybridized carbons (Fsp3) is 0.375. The van der Waals surface area contributed by atoms with E-state index in [-0.39, 0.29) is 0 Å². The van der Waals surface area contributed by atoms with Gasteiger partial charge in [-0.2, -0.15) is 0 Å². The van der Waals surface area contributed by atoms with Crippen molar-refractivity contribution in [1.82, 2.24) is 4.98 Å². The molecule has 0 radical (unpaired) electrons. The molecule has 0 aliphatic rings. The zero-order chi connectivity index (χ0) is 8.97. The van der Waals surface area contributed by atoms with Crippen LogP contribution in [0.15, 0.2) is 18.2 Å². The molecule has 0 saturated carbocycles. The van der Waals surface area contributed by atoms with Crippen LogP contribution in [0, 0.1) is 0 Å². The quantitative estimate of drug-likeness (QED) is 0.696. The maximum atomic E-state index is 9.44. The number of pyridine rings is 1. The monoisotopic (exact) mass is 186 g/mol. The summed E-state index contributed by atoms with van der Waals surface area (Å²) >= 11 is 5.64. The number of nitrogens with zero attached hydrogens (tertiary/aromatic N) is 1. The van der Waals surface area contributed by atoms with Crippen molar-refractivity contribution in [3.05, 3.63) is 29.0 Å². The Kier molecular flexibility index (Phi) is 3.47. The summed E-state index contributed by atoms with van der Waals surface area (Å²) in [4.78, 5) is 3.95. The molecule has 4 heteroatoms. The summed E-state index contributed by atoms with van der Waals surface area (Å²) in [5, 5.41) is 9.84. The summed E-state index contributed by atoms with van der Waals surface area (Å²) in [6.45, 7) is 0.440. The minimum Gasteiger partial charge on any atom is -0.387 e. The molecule has 0 aliphatic carbocycles.